The lowest BCUT2D eigenvalue weighted by molar-refractivity contribution is -0.123. The second kappa shape index (κ2) is 5.45. The van der Waals surface area contributed by atoms with Crippen LogP contribution in [0.25, 0.3) is 0 Å². The van der Waals surface area contributed by atoms with Crippen molar-refractivity contribution in [3.63, 3.8) is 0 Å². The molecule has 7 nitrogen and oxygen atoms in total. The second-order valence-electron chi connectivity index (χ2n) is 5.97. The topological polar surface area (TPSA) is 86.8 Å². The van der Waals surface area contributed by atoms with Gasteiger partial charge in [0.1, 0.15) is 17.2 Å². The van der Waals surface area contributed by atoms with Crippen molar-refractivity contribution >= 4 is 5.91 Å². The van der Waals surface area contributed by atoms with E-state index in [0.29, 0.717) is 13.1 Å². The molecule has 2 heterocycles. The quantitative estimate of drug-likeness (QED) is 0.867. The molecule has 1 saturated carbocycles. The zero-order valence-corrected chi connectivity index (χ0v) is 12.3. The molecule has 1 amide bonds. The second-order valence-corrected chi connectivity index (χ2v) is 5.97. The molecule has 0 aromatic carbocycles. The largest absolute Gasteiger partial charge is 0.337 e. The zero-order chi connectivity index (χ0) is 14.9. The molecule has 112 valence electrons. The lowest BCUT2D eigenvalue weighted by Gasteiger charge is -2.29. The highest BCUT2D eigenvalue weighted by Crippen LogP contribution is 2.28. The highest BCUT2D eigenvalue weighted by molar-refractivity contribution is 5.79. The number of aryl methyl sites for hydroxylation is 1. The molecule has 3 rings (SSSR count). The van der Waals surface area contributed by atoms with E-state index in [1.165, 1.54) is 0 Å². The zero-order valence-electron chi connectivity index (χ0n) is 12.3. The normalized spacial score (nSPS) is 20.8. The Labute approximate surface area is 123 Å². The average Bonchev–Trinajstić information content (AvgIpc) is 3.07. The van der Waals surface area contributed by atoms with Gasteiger partial charge in [-0.3, -0.25) is 9.69 Å². The first kappa shape index (κ1) is 14.0. The Kier molecular flexibility index (Phi) is 3.64. The summed E-state index contributed by atoms with van der Waals surface area (Å²) in [6.45, 7) is 4.50. The Morgan fingerprint density at radius 3 is 2.86 bits per heavy atom. The number of hydrogen-bond donors (Lipinski definition) is 1. The third-order valence-electron chi connectivity index (χ3n) is 4.43. The van der Waals surface area contributed by atoms with Gasteiger partial charge in [0.05, 0.1) is 19.2 Å². The maximum atomic E-state index is 12.2. The van der Waals surface area contributed by atoms with E-state index in [1.54, 1.807) is 0 Å². The van der Waals surface area contributed by atoms with Crippen LogP contribution in [0.1, 0.15) is 37.3 Å². The van der Waals surface area contributed by atoms with Crippen molar-refractivity contribution in [3.05, 3.63) is 11.6 Å². The Hall–Kier alpha value is -1.94. The van der Waals surface area contributed by atoms with Crippen LogP contribution in [0.2, 0.25) is 0 Å². The van der Waals surface area contributed by atoms with E-state index in [-0.39, 0.29) is 5.91 Å². The van der Waals surface area contributed by atoms with Gasteiger partial charge in [0.25, 0.3) is 0 Å². The molecular weight excluding hydrogens is 268 g/mol. The maximum absolute atomic E-state index is 12.2. The molecule has 7 heteroatoms. The number of nitrogens with one attached hydrogen (secondary N) is 1. The molecule has 1 aliphatic heterocycles. The van der Waals surface area contributed by atoms with Crippen molar-refractivity contribution in [1.29, 1.82) is 5.26 Å². The van der Waals surface area contributed by atoms with E-state index in [2.05, 4.69) is 31.1 Å². The first-order valence-corrected chi connectivity index (χ1v) is 7.45. The van der Waals surface area contributed by atoms with Crippen LogP contribution >= 0.6 is 0 Å². The van der Waals surface area contributed by atoms with Gasteiger partial charge in [0.15, 0.2) is 0 Å². The van der Waals surface area contributed by atoms with Crippen LogP contribution in [0.15, 0.2) is 0 Å². The Morgan fingerprint density at radius 1 is 1.38 bits per heavy atom. The highest BCUT2D eigenvalue weighted by atomic mass is 16.2. The van der Waals surface area contributed by atoms with Gasteiger partial charge in [-0.25, -0.2) is 0 Å². The predicted molar refractivity (Wildman–Crippen MR) is 75.0 cm³/mol. The lowest BCUT2D eigenvalue weighted by Crippen LogP contribution is -2.50. The van der Waals surface area contributed by atoms with Crippen molar-refractivity contribution in [2.75, 3.05) is 13.1 Å². The third kappa shape index (κ3) is 2.76. The molecule has 1 aromatic rings. The Bertz CT molecular complexity index is 581. The molecule has 1 N–H and O–H groups in total. The summed E-state index contributed by atoms with van der Waals surface area (Å²) in [5.41, 5.74) is -0.635. The molecule has 1 aliphatic carbocycles. The number of nitrogens with zero attached hydrogens (tertiary/aromatic N) is 5. The molecule has 0 radical (unpaired) electrons. The van der Waals surface area contributed by atoms with Crippen molar-refractivity contribution in [1.82, 2.24) is 25.0 Å². The van der Waals surface area contributed by atoms with Gasteiger partial charge in [-0.2, -0.15) is 5.26 Å². The van der Waals surface area contributed by atoms with Crippen molar-refractivity contribution in [2.45, 2.75) is 51.2 Å². The summed E-state index contributed by atoms with van der Waals surface area (Å²) in [6.07, 6.45) is 3.56. The van der Waals surface area contributed by atoms with Gasteiger partial charge in [-0.15, -0.1) is 10.2 Å². The van der Waals surface area contributed by atoms with Crippen LogP contribution in [0, 0.1) is 18.3 Å². The highest BCUT2D eigenvalue weighted by Gasteiger charge is 2.35. The number of aromatic nitrogens is 3. The lowest BCUT2D eigenvalue weighted by atomic mass is 10.00. The van der Waals surface area contributed by atoms with Gasteiger partial charge >= 0.3 is 0 Å². The fourth-order valence-corrected chi connectivity index (χ4v) is 3.24. The molecule has 21 heavy (non-hydrogen) atoms. The van der Waals surface area contributed by atoms with E-state index >= 15 is 0 Å². The fourth-order valence-electron chi connectivity index (χ4n) is 3.24. The fraction of sp³-hybridized carbons (Fsp3) is 0.714. The molecule has 0 bridgehead atoms. The summed E-state index contributed by atoms with van der Waals surface area (Å²) >= 11 is 0. The minimum Gasteiger partial charge on any atom is -0.337 e. The molecule has 0 atom stereocenters. The monoisotopic (exact) mass is 288 g/mol. The van der Waals surface area contributed by atoms with Crippen LogP contribution in [0.3, 0.4) is 0 Å². The minimum absolute atomic E-state index is 0.0665. The molecule has 0 spiro atoms. The third-order valence-corrected chi connectivity index (χ3v) is 4.43. The number of nitriles is 1. The molecule has 2 aliphatic rings. The Morgan fingerprint density at radius 2 is 2.14 bits per heavy atom. The smallest absolute Gasteiger partial charge is 0.235 e. The summed E-state index contributed by atoms with van der Waals surface area (Å²) in [5.74, 6) is 1.76. The molecule has 1 aromatic heterocycles. The van der Waals surface area contributed by atoms with E-state index in [9.17, 15) is 10.1 Å². The van der Waals surface area contributed by atoms with E-state index in [1.807, 2.05) is 6.92 Å². The summed E-state index contributed by atoms with van der Waals surface area (Å²) in [4.78, 5) is 14.3. The summed E-state index contributed by atoms with van der Waals surface area (Å²) in [7, 11) is 0. The number of amides is 1. The van der Waals surface area contributed by atoms with Crippen molar-refractivity contribution in [2.24, 2.45) is 0 Å². The Balaban J connectivity index is 1.58. The number of carbonyl (C=O) groups excluding carboxylic acids is 1. The molecular formula is C14H20N6O. The number of fused-ring (bicyclic) bond motifs is 1. The van der Waals surface area contributed by atoms with Crippen LogP contribution in [-0.2, 0) is 17.9 Å². The van der Waals surface area contributed by atoms with Crippen LogP contribution in [0.5, 0.6) is 0 Å². The van der Waals surface area contributed by atoms with E-state index in [0.717, 1.165) is 50.4 Å². The number of hydrogen-bond acceptors (Lipinski definition) is 5. The molecule has 0 saturated heterocycles. The van der Waals surface area contributed by atoms with Crippen molar-refractivity contribution < 1.29 is 4.79 Å². The number of carbonyl (C=O) groups is 1. The summed E-state index contributed by atoms with van der Waals surface area (Å²) in [5, 5.41) is 20.4. The van der Waals surface area contributed by atoms with Gasteiger partial charge in [0.2, 0.25) is 5.91 Å². The van der Waals surface area contributed by atoms with Crippen LogP contribution < -0.4 is 5.32 Å². The van der Waals surface area contributed by atoms with Gasteiger partial charge in [-0.05, 0) is 32.6 Å². The molecule has 1 fully saturated rings. The molecule has 0 unspecified atom stereocenters. The average molecular weight is 288 g/mol. The van der Waals surface area contributed by atoms with Crippen LogP contribution in [0.4, 0.5) is 0 Å². The SMILES string of the molecule is Cc1nnc2n1CCN(CC(=O)NC1(C#N)CCCC1)C2. The van der Waals surface area contributed by atoms with E-state index in [4.69, 9.17) is 0 Å². The van der Waals surface area contributed by atoms with Gasteiger partial charge in [-0.1, -0.05) is 0 Å². The van der Waals surface area contributed by atoms with E-state index < -0.39 is 5.54 Å². The van der Waals surface area contributed by atoms with Gasteiger partial charge < -0.3 is 9.88 Å². The minimum atomic E-state index is -0.635. The predicted octanol–water partition coefficient (Wildman–Crippen LogP) is 0.355. The maximum Gasteiger partial charge on any atom is 0.235 e. The first-order valence-electron chi connectivity index (χ1n) is 7.45. The summed E-state index contributed by atoms with van der Waals surface area (Å²) in [6, 6.07) is 2.29. The number of rotatable bonds is 3. The summed E-state index contributed by atoms with van der Waals surface area (Å²) < 4.78 is 2.09. The standard InChI is InChI=1S/C14H20N6O/c1-11-17-18-12-8-19(6-7-20(11)12)9-13(21)16-14(10-15)4-2-3-5-14/h2-9H2,1H3,(H,16,21). The first-order chi connectivity index (χ1) is 10.1. The van der Waals surface area contributed by atoms with Gasteiger partial charge in [0, 0.05) is 13.1 Å². The van der Waals surface area contributed by atoms with Crippen LogP contribution in [-0.4, -0.2) is 44.2 Å². The van der Waals surface area contributed by atoms with Crippen molar-refractivity contribution in [3.8, 4) is 6.07 Å².